The van der Waals surface area contributed by atoms with Gasteiger partial charge in [-0.1, -0.05) is 12.1 Å². The molecule has 1 aromatic heterocycles. The van der Waals surface area contributed by atoms with E-state index >= 15 is 0 Å². The molecule has 34 heavy (non-hydrogen) atoms. The van der Waals surface area contributed by atoms with Crippen molar-refractivity contribution in [1.29, 1.82) is 10.5 Å². The lowest BCUT2D eigenvalue weighted by molar-refractivity contribution is -0.116. The fourth-order valence-electron chi connectivity index (χ4n) is 5.40. The molecule has 0 spiro atoms. The third-order valence-electron chi connectivity index (χ3n) is 6.91. The molecule has 5 rings (SSSR count). The molecule has 7 heteroatoms. The number of fused-ring (bicyclic) bond motifs is 1. The summed E-state index contributed by atoms with van der Waals surface area (Å²) < 4.78 is 5.57. The van der Waals surface area contributed by atoms with Crippen LogP contribution in [0, 0.1) is 22.7 Å². The van der Waals surface area contributed by atoms with Gasteiger partial charge >= 0.3 is 0 Å². The van der Waals surface area contributed by atoms with Crippen LogP contribution in [-0.2, 0) is 17.6 Å². The lowest BCUT2D eigenvalue weighted by atomic mass is 9.75. The second-order valence-corrected chi connectivity index (χ2v) is 9.90. The number of Topliss-reactive ketones (excluding diaryl/α,β-unsaturated/α-hetero) is 1. The predicted octanol–water partition coefficient (Wildman–Crippen LogP) is 5.20. The smallest absolute Gasteiger partial charge is 0.161 e. The van der Waals surface area contributed by atoms with Crippen molar-refractivity contribution >= 4 is 22.1 Å². The summed E-state index contributed by atoms with van der Waals surface area (Å²) in [4.78, 5) is 16.4. The van der Waals surface area contributed by atoms with Crippen molar-refractivity contribution in [2.24, 2.45) is 5.73 Å². The number of thiophene rings is 1. The molecule has 3 aliphatic rings. The van der Waals surface area contributed by atoms with Crippen LogP contribution in [0.2, 0.25) is 0 Å². The molecule has 0 radical (unpaired) electrons. The number of carbonyl (C=O) groups excluding carboxylic acids is 1. The first-order valence-electron chi connectivity index (χ1n) is 11.8. The molecule has 0 saturated heterocycles. The van der Waals surface area contributed by atoms with Crippen LogP contribution in [0.4, 0.5) is 5.00 Å². The Morgan fingerprint density at radius 2 is 1.85 bits per heavy atom. The third kappa shape index (κ3) is 3.48. The fraction of sp³-hybridized carbons (Fsp3) is 0.370. The number of allylic oxidation sites excluding steroid dienone is 3. The highest BCUT2D eigenvalue weighted by Crippen LogP contribution is 2.50. The summed E-state index contributed by atoms with van der Waals surface area (Å²) in [6, 6.07) is 12.3. The quantitative estimate of drug-likeness (QED) is 0.659. The zero-order valence-electron chi connectivity index (χ0n) is 19.2. The lowest BCUT2D eigenvalue weighted by Crippen LogP contribution is -2.38. The van der Waals surface area contributed by atoms with Gasteiger partial charge in [0.1, 0.15) is 22.6 Å². The van der Waals surface area contributed by atoms with Crippen molar-refractivity contribution in [2.75, 3.05) is 11.5 Å². The molecular formula is C27H26N4O2S. The largest absolute Gasteiger partial charge is 0.494 e. The second-order valence-electron chi connectivity index (χ2n) is 8.82. The van der Waals surface area contributed by atoms with Crippen LogP contribution in [0.15, 0.2) is 46.9 Å². The van der Waals surface area contributed by atoms with E-state index in [4.69, 9.17) is 10.5 Å². The molecule has 1 atom stereocenters. The number of benzene rings is 1. The van der Waals surface area contributed by atoms with Gasteiger partial charge in [-0.3, -0.25) is 9.69 Å². The molecular weight excluding hydrogens is 444 g/mol. The van der Waals surface area contributed by atoms with Crippen molar-refractivity contribution in [1.82, 2.24) is 0 Å². The topological polar surface area (TPSA) is 103 Å². The van der Waals surface area contributed by atoms with Gasteiger partial charge in [-0.05, 0) is 68.7 Å². The van der Waals surface area contributed by atoms with Crippen molar-refractivity contribution in [2.45, 2.75) is 57.8 Å². The van der Waals surface area contributed by atoms with E-state index in [1.54, 1.807) is 11.3 Å². The Morgan fingerprint density at radius 3 is 2.56 bits per heavy atom. The molecule has 6 nitrogen and oxygen atoms in total. The van der Waals surface area contributed by atoms with E-state index in [2.05, 4.69) is 12.1 Å². The first-order valence-corrected chi connectivity index (χ1v) is 12.6. The van der Waals surface area contributed by atoms with E-state index < -0.39 is 5.92 Å². The number of rotatable bonds is 4. The van der Waals surface area contributed by atoms with Crippen LogP contribution >= 0.6 is 11.3 Å². The number of ether oxygens (including phenoxy) is 1. The number of ketones is 1. The Morgan fingerprint density at radius 1 is 1.09 bits per heavy atom. The average molecular weight is 471 g/mol. The first-order chi connectivity index (χ1) is 16.6. The highest BCUT2D eigenvalue weighted by molar-refractivity contribution is 7.16. The third-order valence-corrected chi connectivity index (χ3v) is 8.18. The first kappa shape index (κ1) is 22.3. The summed E-state index contributed by atoms with van der Waals surface area (Å²) >= 11 is 1.59. The second kappa shape index (κ2) is 9.00. The average Bonchev–Trinajstić information content (AvgIpc) is 3.22. The summed E-state index contributed by atoms with van der Waals surface area (Å²) in [5.74, 6) is 0.598. The number of nitrogens with zero attached hydrogens (tertiary/aromatic N) is 3. The van der Waals surface area contributed by atoms with Gasteiger partial charge < -0.3 is 10.5 Å². The van der Waals surface area contributed by atoms with Crippen LogP contribution in [0.5, 0.6) is 5.75 Å². The van der Waals surface area contributed by atoms with E-state index in [-0.39, 0.29) is 5.78 Å². The summed E-state index contributed by atoms with van der Waals surface area (Å²) in [5.41, 5.74) is 11.1. The number of hydrogen-bond donors (Lipinski definition) is 1. The molecule has 2 heterocycles. The fourth-order valence-corrected chi connectivity index (χ4v) is 6.78. The number of nitriles is 2. The Labute approximate surface area is 203 Å². The SMILES string of the molecule is CCOc1ccc([C@@H]2C(C#N)=C(N)N(c3sc4c(c3C#N)CCCC4)C3=C2C(=O)CCC3)cc1. The van der Waals surface area contributed by atoms with Crippen LogP contribution in [-0.4, -0.2) is 12.4 Å². The minimum Gasteiger partial charge on any atom is -0.494 e. The maximum Gasteiger partial charge on any atom is 0.161 e. The summed E-state index contributed by atoms with van der Waals surface area (Å²) in [7, 11) is 0. The number of anilines is 1. The zero-order valence-corrected chi connectivity index (χ0v) is 20.0. The van der Waals surface area contributed by atoms with Crippen LogP contribution in [0.3, 0.4) is 0 Å². The molecule has 1 aliphatic heterocycles. The molecule has 0 unspecified atom stereocenters. The molecule has 0 fully saturated rings. The highest BCUT2D eigenvalue weighted by atomic mass is 32.1. The number of hydrogen-bond acceptors (Lipinski definition) is 7. The molecule has 172 valence electrons. The van der Waals surface area contributed by atoms with Crippen LogP contribution < -0.4 is 15.4 Å². The molecule has 0 amide bonds. The van der Waals surface area contributed by atoms with E-state index in [9.17, 15) is 15.3 Å². The molecule has 0 bridgehead atoms. The van der Waals surface area contributed by atoms with E-state index in [0.717, 1.165) is 59.7 Å². The number of carbonyl (C=O) groups is 1. The zero-order chi connectivity index (χ0) is 23.8. The van der Waals surface area contributed by atoms with Gasteiger partial charge in [0.05, 0.1) is 29.7 Å². The maximum atomic E-state index is 13.3. The van der Waals surface area contributed by atoms with Gasteiger partial charge in [-0.2, -0.15) is 10.5 Å². The molecule has 0 saturated carbocycles. The Hall–Kier alpha value is -3.55. The Balaban J connectivity index is 1.70. The van der Waals surface area contributed by atoms with Gasteiger partial charge in [-0.15, -0.1) is 11.3 Å². The lowest BCUT2D eigenvalue weighted by Gasteiger charge is -2.39. The normalized spacial score (nSPS) is 19.9. The summed E-state index contributed by atoms with van der Waals surface area (Å²) in [5, 5.41) is 21.0. The van der Waals surface area contributed by atoms with E-state index in [0.29, 0.717) is 42.0 Å². The van der Waals surface area contributed by atoms with Gasteiger partial charge in [0.2, 0.25) is 0 Å². The number of nitrogens with two attached hydrogens (primary N) is 1. The monoisotopic (exact) mass is 470 g/mol. The van der Waals surface area contributed by atoms with Crippen molar-refractivity contribution in [3.05, 3.63) is 68.5 Å². The molecule has 2 aliphatic carbocycles. The van der Waals surface area contributed by atoms with Crippen LogP contribution in [0.1, 0.15) is 66.5 Å². The standard InChI is InChI=1S/C27H26N4O2S/c1-2-33-17-12-10-16(11-13-17)24-20(15-29)26(30)31(21-7-5-8-22(32)25(21)24)27-19(14-28)18-6-3-4-9-23(18)34-27/h10-13,24H,2-9,30H2,1H3/t24-/m1/s1. The van der Waals surface area contributed by atoms with Gasteiger partial charge in [0.25, 0.3) is 0 Å². The highest BCUT2D eigenvalue weighted by Gasteiger charge is 2.41. The summed E-state index contributed by atoms with van der Waals surface area (Å²) in [6.45, 7) is 2.49. The Bertz CT molecular complexity index is 1300. The Kier molecular flexibility index (Phi) is 5.89. The molecule has 2 N–H and O–H groups in total. The van der Waals surface area contributed by atoms with Gasteiger partial charge in [0, 0.05) is 22.6 Å². The van der Waals surface area contributed by atoms with E-state index in [1.165, 1.54) is 4.88 Å². The maximum absolute atomic E-state index is 13.3. The van der Waals surface area contributed by atoms with Crippen LogP contribution in [0.25, 0.3) is 0 Å². The van der Waals surface area contributed by atoms with Crippen molar-refractivity contribution < 1.29 is 9.53 Å². The molecule has 2 aromatic rings. The molecule has 1 aromatic carbocycles. The minimum atomic E-state index is -0.514. The van der Waals surface area contributed by atoms with Gasteiger partial charge in [-0.25, -0.2) is 0 Å². The number of aryl methyl sites for hydroxylation is 1. The summed E-state index contributed by atoms with van der Waals surface area (Å²) in [6.07, 6.45) is 5.88. The van der Waals surface area contributed by atoms with Crippen molar-refractivity contribution in [3.63, 3.8) is 0 Å². The minimum absolute atomic E-state index is 0.0465. The van der Waals surface area contributed by atoms with E-state index in [1.807, 2.05) is 36.1 Å². The van der Waals surface area contributed by atoms with Gasteiger partial charge in [0.15, 0.2) is 5.78 Å². The predicted molar refractivity (Wildman–Crippen MR) is 131 cm³/mol. The van der Waals surface area contributed by atoms with Crippen molar-refractivity contribution in [3.8, 4) is 17.9 Å².